The third-order valence-corrected chi connectivity index (χ3v) is 4.40. The van der Waals surface area contributed by atoms with E-state index >= 15 is 0 Å². The van der Waals surface area contributed by atoms with Gasteiger partial charge in [-0.25, -0.2) is 0 Å². The molecule has 5 heteroatoms. The molecule has 1 N–H and O–H groups in total. The Morgan fingerprint density at radius 1 is 1.19 bits per heavy atom. The molecule has 2 aromatic rings. The summed E-state index contributed by atoms with van der Waals surface area (Å²) in [6.07, 6.45) is -0.565. The molecule has 1 atom stereocenters. The van der Waals surface area contributed by atoms with Gasteiger partial charge in [-0.2, -0.15) is 0 Å². The van der Waals surface area contributed by atoms with E-state index in [0.29, 0.717) is 5.75 Å². The lowest BCUT2D eigenvalue weighted by Crippen LogP contribution is -2.35. The van der Waals surface area contributed by atoms with Crippen LogP contribution >= 0.6 is 0 Å². The molecule has 3 rings (SSSR count). The van der Waals surface area contributed by atoms with Crippen molar-refractivity contribution in [3.05, 3.63) is 59.7 Å². The zero-order chi connectivity index (χ0) is 18.4. The average Bonchev–Trinajstić information content (AvgIpc) is 2.64. The molecule has 0 bridgehead atoms. The second-order valence-electron chi connectivity index (χ2n) is 6.65. The van der Waals surface area contributed by atoms with Gasteiger partial charge in [-0.15, -0.1) is 0 Å². The van der Waals surface area contributed by atoms with Crippen LogP contribution in [0.1, 0.15) is 18.1 Å². The smallest absolute Gasteiger partial charge is 0.265 e. The number of morpholine rings is 1. The number of amides is 1. The number of aryl methyl sites for hydroxylation is 1. The fourth-order valence-corrected chi connectivity index (χ4v) is 2.90. The maximum atomic E-state index is 12.3. The van der Waals surface area contributed by atoms with E-state index in [1.165, 1.54) is 5.56 Å². The summed E-state index contributed by atoms with van der Waals surface area (Å²) in [6, 6.07) is 15.7. The predicted octanol–water partition coefficient (Wildman–Crippen LogP) is 3.23. The molecular weight excluding hydrogens is 328 g/mol. The van der Waals surface area contributed by atoms with Gasteiger partial charge in [-0.3, -0.25) is 9.69 Å². The van der Waals surface area contributed by atoms with Crippen LogP contribution < -0.4 is 10.1 Å². The Morgan fingerprint density at radius 3 is 2.62 bits per heavy atom. The zero-order valence-electron chi connectivity index (χ0n) is 15.4. The Kier molecular flexibility index (Phi) is 6.26. The molecule has 1 heterocycles. The molecular formula is C21H26N2O3. The Hall–Kier alpha value is -2.37. The molecule has 138 valence electrons. The van der Waals surface area contributed by atoms with Gasteiger partial charge >= 0.3 is 0 Å². The van der Waals surface area contributed by atoms with Crippen molar-refractivity contribution in [2.75, 3.05) is 31.6 Å². The predicted molar refractivity (Wildman–Crippen MR) is 102 cm³/mol. The Balaban J connectivity index is 1.51. The van der Waals surface area contributed by atoms with Crippen molar-refractivity contribution < 1.29 is 14.3 Å². The van der Waals surface area contributed by atoms with Gasteiger partial charge in [0.25, 0.3) is 5.91 Å². The largest absolute Gasteiger partial charge is 0.481 e. The topological polar surface area (TPSA) is 50.8 Å². The monoisotopic (exact) mass is 354 g/mol. The number of ether oxygens (including phenoxy) is 2. The first kappa shape index (κ1) is 18.4. The first-order valence-electron chi connectivity index (χ1n) is 9.03. The van der Waals surface area contributed by atoms with Crippen molar-refractivity contribution in [2.24, 2.45) is 0 Å². The highest BCUT2D eigenvalue weighted by Crippen LogP contribution is 2.16. The summed E-state index contributed by atoms with van der Waals surface area (Å²) in [5.41, 5.74) is 3.11. The first-order valence-corrected chi connectivity index (χ1v) is 9.03. The lowest BCUT2D eigenvalue weighted by Gasteiger charge is -2.26. The van der Waals surface area contributed by atoms with Crippen molar-refractivity contribution >= 4 is 11.6 Å². The van der Waals surface area contributed by atoms with Crippen molar-refractivity contribution in [1.29, 1.82) is 0 Å². The quantitative estimate of drug-likeness (QED) is 0.865. The number of hydrogen-bond acceptors (Lipinski definition) is 4. The minimum atomic E-state index is -0.565. The van der Waals surface area contributed by atoms with Gasteiger partial charge in [0.15, 0.2) is 6.10 Å². The van der Waals surface area contributed by atoms with Crippen LogP contribution in [0.25, 0.3) is 0 Å². The van der Waals surface area contributed by atoms with Crippen molar-refractivity contribution in [3.63, 3.8) is 0 Å². The Morgan fingerprint density at radius 2 is 1.92 bits per heavy atom. The van der Waals surface area contributed by atoms with Crippen LogP contribution in [0.2, 0.25) is 0 Å². The highest BCUT2D eigenvalue weighted by molar-refractivity contribution is 5.94. The van der Waals surface area contributed by atoms with Crippen molar-refractivity contribution in [3.8, 4) is 5.75 Å². The van der Waals surface area contributed by atoms with Crippen molar-refractivity contribution in [2.45, 2.75) is 26.5 Å². The summed E-state index contributed by atoms with van der Waals surface area (Å²) in [4.78, 5) is 14.7. The molecule has 0 spiro atoms. The van der Waals surface area contributed by atoms with Crippen LogP contribution in [0.5, 0.6) is 5.75 Å². The zero-order valence-corrected chi connectivity index (χ0v) is 15.4. The third kappa shape index (κ3) is 5.31. The van der Waals surface area contributed by atoms with Gasteiger partial charge in [0.05, 0.1) is 13.2 Å². The second kappa shape index (κ2) is 8.83. The minimum absolute atomic E-state index is 0.160. The van der Waals surface area contributed by atoms with E-state index in [4.69, 9.17) is 9.47 Å². The Bertz CT molecular complexity index is 724. The molecule has 5 nitrogen and oxygen atoms in total. The lowest BCUT2D eigenvalue weighted by atomic mass is 10.2. The van der Waals surface area contributed by atoms with Crippen molar-refractivity contribution in [1.82, 2.24) is 4.90 Å². The van der Waals surface area contributed by atoms with E-state index in [1.807, 2.05) is 43.3 Å². The number of benzene rings is 2. The third-order valence-electron chi connectivity index (χ3n) is 4.40. The van der Waals surface area contributed by atoms with Gasteiger partial charge in [-0.1, -0.05) is 24.3 Å². The molecule has 0 aromatic heterocycles. The van der Waals surface area contributed by atoms with E-state index in [1.54, 1.807) is 6.92 Å². The van der Waals surface area contributed by atoms with Gasteiger partial charge in [-0.05, 0) is 49.2 Å². The number of nitrogens with one attached hydrogen (secondary N) is 1. The summed E-state index contributed by atoms with van der Waals surface area (Å²) < 4.78 is 11.1. The Labute approximate surface area is 154 Å². The standard InChI is InChI=1S/C21H26N2O3/c1-16-4-3-5-20(14-16)26-17(2)21(24)22-19-8-6-18(7-9-19)15-23-10-12-25-13-11-23/h3-9,14,17H,10-13,15H2,1-2H3,(H,22,24). The molecule has 1 aliphatic rings. The molecule has 1 saturated heterocycles. The average molecular weight is 354 g/mol. The van der Waals surface area contributed by atoms with Gasteiger partial charge in [0, 0.05) is 25.3 Å². The number of anilines is 1. The molecule has 1 fully saturated rings. The first-order chi connectivity index (χ1) is 12.6. The van der Waals surface area contributed by atoms with Crippen LogP contribution in [-0.4, -0.2) is 43.2 Å². The normalized spacial score (nSPS) is 16.1. The number of carbonyl (C=O) groups excluding carboxylic acids is 1. The molecule has 1 unspecified atom stereocenters. The molecule has 26 heavy (non-hydrogen) atoms. The number of nitrogens with zero attached hydrogens (tertiary/aromatic N) is 1. The van der Waals surface area contributed by atoms with Gasteiger partial charge in [0.1, 0.15) is 5.75 Å². The van der Waals surface area contributed by atoms with Crippen LogP contribution in [0.4, 0.5) is 5.69 Å². The highest BCUT2D eigenvalue weighted by Gasteiger charge is 2.15. The summed E-state index contributed by atoms with van der Waals surface area (Å²) in [6.45, 7) is 8.18. The van der Waals surface area contributed by atoms with Crippen LogP contribution in [0.3, 0.4) is 0 Å². The molecule has 0 radical (unpaired) electrons. The highest BCUT2D eigenvalue weighted by atomic mass is 16.5. The minimum Gasteiger partial charge on any atom is -0.481 e. The maximum Gasteiger partial charge on any atom is 0.265 e. The summed E-state index contributed by atoms with van der Waals surface area (Å²) in [5.74, 6) is 0.543. The number of hydrogen-bond donors (Lipinski definition) is 1. The van der Waals surface area contributed by atoms with Crippen LogP contribution in [0.15, 0.2) is 48.5 Å². The molecule has 2 aromatic carbocycles. The molecule has 1 amide bonds. The van der Waals surface area contributed by atoms with E-state index in [9.17, 15) is 4.79 Å². The SMILES string of the molecule is Cc1cccc(OC(C)C(=O)Nc2ccc(CN3CCOCC3)cc2)c1. The van der Waals surface area contributed by atoms with Crippen LogP contribution in [0, 0.1) is 6.92 Å². The van der Waals surface area contributed by atoms with Gasteiger partial charge < -0.3 is 14.8 Å². The summed E-state index contributed by atoms with van der Waals surface area (Å²) in [7, 11) is 0. The van der Waals surface area contributed by atoms with Gasteiger partial charge in [0.2, 0.25) is 0 Å². The fraction of sp³-hybridized carbons (Fsp3) is 0.381. The summed E-state index contributed by atoms with van der Waals surface area (Å²) >= 11 is 0. The van der Waals surface area contributed by atoms with Crippen LogP contribution in [-0.2, 0) is 16.1 Å². The van der Waals surface area contributed by atoms with E-state index in [-0.39, 0.29) is 5.91 Å². The molecule has 0 saturated carbocycles. The van der Waals surface area contributed by atoms with E-state index in [2.05, 4.69) is 22.3 Å². The summed E-state index contributed by atoms with van der Waals surface area (Å²) in [5, 5.41) is 2.91. The second-order valence-corrected chi connectivity index (χ2v) is 6.65. The number of rotatable bonds is 6. The van der Waals surface area contributed by atoms with E-state index in [0.717, 1.165) is 44.1 Å². The fourth-order valence-electron chi connectivity index (χ4n) is 2.90. The van der Waals surface area contributed by atoms with E-state index < -0.39 is 6.10 Å². The maximum absolute atomic E-state index is 12.3. The molecule has 0 aliphatic carbocycles. The lowest BCUT2D eigenvalue weighted by molar-refractivity contribution is -0.122. The number of carbonyl (C=O) groups is 1. The molecule has 1 aliphatic heterocycles.